The number of nitrogens with zero attached hydrogens (tertiary/aromatic N) is 1. The first-order chi connectivity index (χ1) is 10.6. The second kappa shape index (κ2) is 7.94. The van der Waals surface area contributed by atoms with E-state index in [0.29, 0.717) is 31.9 Å². The quantitative estimate of drug-likeness (QED) is 0.621. The molecule has 1 amide bonds. The summed E-state index contributed by atoms with van der Waals surface area (Å²) in [5.41, 5.74) is 0.995. The van der Waals surface area contributed by atoms with Crippen LogP contribution in [0.25, 0.3) is 0 Å². The maximum Gasteiger partial charge on any atom is 0.306 e. The van der Waals surface area contributed by atoms with Crippen molar-refractivity contribution in [2.45, 2.75) is 32.8 Å². The Morgan fingerprint density at radius 3 is 2.73 bits per heavy atom. The van der Waals surface area contributed by atoms with Crippen molar-refractivity contribution in [3.8, 4) is 0 Å². The number of aliphatic carboxylic acids is 1. The van der Waals surface area contributed by atoms with Crippen molar-refractivity contribution in [2.24, 2.45) is 17.8 Å². The third-order valence-corrected chi connectivity index (χ3v) is 4.48. The third-order valence-electron chi connectivity index (χ3n) is 4.48. The van der Waals surface area contributed by atoms with Crippen LogP contribution in [0.3, 0.4) is 0 Å². The molecule has 5 nitrogen and oxygen atoms in total. The monoisotopic (exact) mass is 305 g/mol. The first kappa shape index (κ1) is 16.5. The van der Waals surface area contributed by atoms with Crippen molar-refractivity contribution in [1.29, 1.82) is 0 Å². The van der Waals surface area contributed by atoms with Crippen molar-refractivity contribution in [2.75, 3.05) is 6.54 Å². The Hall–Kier alpha value is -1.88. The van der Waals surface area contributed by atoms with Crippen LogP contribution < -0.4 is 0 Å². The van der Waals surface area contributed by atoms with E-state index in [9.17, 15) is 14.7 Å². The Labute approximate surface area is 130 Å². The summed E-state index contributed by atoms with van der Waals surface area (Å²) < 4.78 is 0. The fraction of sp³-hybridized carbons (Fsp3) is 0.529. The van der Waals surface area contributed by atoms with Gasteiger partial charge in [0.2, 0.25) is 6.41 Å². The molecular weight excluding hydrogens is 282 g/mol. The van der Waals surface area contributed by atoms with Gasteiger partial charge in [0.15, 0.2) is 0 Å². The summed E-state index contributed by atoms with van der Waals surface area (Å²) in [6.07, 6.45) is 2.89. The normalized spacial score (nSPS) is 24.7. The molecule has 0 radical (unpaired) electrons. The van der Waals surface area contributed by atoms with Gasteiger partial charge in [0.1, 0.15) is 6.61 Å². The van der Waals surface area contributed by atoms with E-state index in [-0.39, 0.29) is 11.8 Å². The van der Waals surface area contributed by atoms with Gasteiger partial charge in [-0.3, -0.25) is 14.4 Å². The molecular formula is C17H23NO4. The van der Waals surface area contributed by atoms with Crippen LogP contribution in [-0.2, 0) is 21.0 Å². The minimum atomic E-state index is -0.736. The highest BCUT2D eigenvalue weighted by Gasteiger charge is 2.32. The second-order valence-electron chi connectivity index (χ2n) is 6.05. The van der Waals surface area contributed by atoms with Gasteiger partial charge in [0.05, 0.1) is 12.5 Å². The molecule has 5 heteroatoms. The third kappa shape index (κ3) is 4.56. The van der Waals surface area contributed by atoms with Crippen LogP contribution in [0.4, 0.5) is 0 Å². The van der Waals surface area contributed by atoms with E-state index in [2.05, 4.69) is 6.92 Å². The predicted octanol–water partition coefficient (Wildman–Crippen LogP) is 2.71. The molecule has 0 saturated heterocycles. The van der Waals surface area contributed by atoms with E-state index in [1.165, 1.54) is 5.06 Å². The number of hydrogen-bond acceptors (Lipinski definition) is 3. The lowest BCUT2D eigenvalue weighted by Gasteiger charge is -2.34. The van der Waals surface area contributed by atoms with Crippen LogP contribution in [0, 0.1) is 17.8 Å². The van der Waals surface area contributed by atoms with Crippen LogP contribution in [0.2, 0.25) is 0 Å². The molecule has 1 saturated carbocycles. The number of carbonyl (C=O) groups is 2. The Bertz CT molecular complexity index is 491. The molecule has 2 rings (SSSR count). The molecule has 0 heterocycles. The number of carboxylic acids is 1. The van der Waals surface area contributed by atoms with Crippen molar-refractivity contribution >= 4 is 12.4 Å². The largest absolute Gasteiger partial charge is 0.481 e. The highest BCUT2D eigenvalue weighted by molar-refractivity contribution is 5.70. The van der Waals surface area contributed by atoms with Crippen molar-refractivity contribution in [3.63, 3.8) is 0 Å². The van der Waals surface area contributed by atoms with Gasteiger partial charge in [-0.1, -0.05) is 37.3 Å². The Kier molecular flexibility index (Phi) is 5.95. The van der Waals surface area contributed by atoms with Crippen LogP contribution >= 0.6 is 0 Å². The lowest BCUT2D eigenvalue weighted by molar-refractivity contribution is -0.184. The number of rotatable bonds is 7. The van der Waals surface area contributed by atoms with Crippen LogP contribution in [0.1, 0.15) is 31.7 Å². The molecule has 0 aliphatic heterocycles. The number of carbonyl (C=O) groups excluding carboxylic acids is 1. The summed E-state index contributed by atoms with van der Waals surface area (Å²) in [5.74, 6) is -0.474. The zero-order valence-corrected chi connectivity index (χ0v) is 12.9. The summed E-state index contributed by atoms with van der Waals surface area (Å²) in [4.78, 5) is 27.9. The molecule has 3 atom stereocenters. The first-order valence-electron chi connectivity index (χ1n) is 7.71. The Balaban J connectivity index is 1.88. The summed E-state index contributed by atoms with van der Waals surface area (Å²) in [6.45, 7) is 2.90. The minimum Gasteiger partial charge on any atom is -0.481 e. The molecule has 1 aromatic rings. The maximum absolute atomic E-state index is 11.2. The SMILES string of the molecule is CC1CCC(C(=O)O)CC1CN(C=O)OCc1ccccc1. The number of amides is 1. The fourth-order valence-corrected chi connectivity index (χ4v) is 2.98. The molecule has 1 N–H and O–H groups in total. The zero-order valence-electron chi connectivity index (χ0n) is 12.9. The molecule has 120 valence electrons. The smallest absolute Gasteiger partial charge is 0.306 e. The average molecular weight is 305 g/mol. The summed E-state index contributed by atoms with van der Waals surface area (Å²) in [5, 5.41) is 10.5. The lowest BCUT2D eigenvalue weighted by Crippen LogP contribution is -2.36. The highest BCUT2D eigenvalue weighted by atomic mass is 16.7. The van der Waals surface area contributed by atoms with E-state index < -0.39 is 5.97 Å². The molecule has 1 fully saturated rings. The molecule has 0 bridgehead atoms. The predicted molar refractivity (Wildman–Crippen MR) is 81.6 cm³/mol. The Morgan fingerprint density at radius 1 is 1.36 bits per heavy atom. The summed E-state index contributed by atoms with van der Waals surface area (Å²) >= 11 is 0. The zero-order chi connectivity index (χ0) is 15.9. The van der Waals surface area contributed by atoms with Gasteiger partial charge >= 0.3 is 5.97 Å². The number of hydroxylamine groups is 2. The van der Waals surface area contributed by atoms with Gasteiger partial charge < -0.3 is 5.11 Å². The number of hydrogen-bond donors (Lipinski definition) is 1. The molecule has 1 aliphatic rings. The minimum absolute atomic E-state index is 0.163. The molecule has 3 unspecified atom stereocenters. The van der Waals surface area contributed by atoms with E-state index in [4.69, 9.17) is 4.84 Å². The summed E-state index contributed by atoms with van der Waals surface area (Å²) in [7, 11) is 0. The molecule has 1 aliphatic carbocycles. The average Bonchev–Trinajstić information content (AvgIpc) is 2.53. The number of carboxylic acid groups (broad SMARTS) is 1. The van der Waals surface area contributed by atoms with Crippen LogP contribution in [0.15, 0.2) is 30.3 Å². The summed E-state index contributed by atoms with van der Waals surface area (Å²) in [6, 6.07) is 9.64. The van der Waals surface area contributed by atoms with Crippen LogP contribution in [-0.4, -0.2) is 29.1 Å². The van der Waals surface area contributed by atoms with E-state index in [0.717, 1.165) is 18.4 Å². The standard InChI is InChI=1S/C17H23NO4/c1-13-7-8-15(17(20)21)9-16(13)10-18(12-19)22-11-14-5-3-2-4-6-14/h2-6,12-13,15-16H,7-11H2,1H3,(H,20,21). The topological polar surface area (TPSA) is 66.8 Å². The molecule has 22 heavy (non-hydrogen) atoms. The Morgan fingerprint density at radius 2 is 2.09 bits per heavy atom. The van der Waals surface area contributed by atoms with Gasteiger partial charge in [-0.15, -0.1) is 0 Å². The maximum atomic E-state index is 11.2. The second-order valence-corrected chi connectivity index (χ2v) is 6.05. The van der Waals surface area contributed by atoms with Gasteiger partial charge in [-0.25, -0.2) is 5.06 Å². The van der Waals surface area contributed by atoms with E-state index >= 15 is 0 Å². The van der Waals surface area contributed by atoms with Gasteiger partial charge in [0, 0.05) is 0 Å². The van der Waals surface area contributed by atoms with Crippen molar-refractivity contribution < 1.29 is 19.5 Å². The van der Waals surface area contributed by atoms with Gasteiger partial charge in [-0.2, -0.15) is 0 Å². The number of benzene rings is 1. The van der Waals surface area contributed by atoms with Gasteiger partial charge in [-0.05, 0) is 36.7 Å². The lowest BCUT2D eigenvalue weighted by atomic mass is 9.75. The van der Waals surface area contributed by atoms with Crippen molar-refractivity contribution in [1.82, 2.24) is 5.06 Å². The fourth-order valence-electron chi connectivity index (χ4n) is 2.98. The first-order valence-corrected chi connectivity index (χ1v) is 7.71. The van der Waals surface area contributed by atoms with Crippen LogP contribution in [0.5, 0.6) is 0 Å². The van der Waals surface area contributed by atoms with E-state index in [1.807, 2.05) is 30.3 Å². The molecule has 0 aromatic heterocycles. The molecule has 0 spiro atoms. The van der Waals surface area contributed by atoms with E-state index in [1.54, 1.807) is 0 Å². The van der Waals surface area contributed by atoms with Gasteiger partial charge in [0.25, 0.3) is 0 Å². The molecule has 1 aromatic carbocycles. The highest BCUT2D eigenvalue weighted by Crippen LogP contribution is 2.34. The van der Waals surface area contributed by atoms with Crippen molar-refractivity contribution in [3.05, 3.63) is 35.9 Å².